The maximum Gasteiger partial charge on any atom is 0.326 e. The third-order valence-corrected chi connectivity index (χ3v) is 3.46. The average molecular weight is 329 g/mol. The summed E-state index contributed by atoms with van der Waals surface area (Å²) in [7, 11) is 1.51. The highest BCUT2D eigenvalue weighted by Gasteiger charge is 2.33. The molecule has 2 N–H and O–H groups in total. The highest BCUT2D eigenvalue weighted by Crippen LogP contribution is 2.28. The van der Waals surface area contributed by atoms with Gasteiger partial charge in [0, 0.05) is 11.8 Å². The van der Waals surface area contributed by atoms with E-state index in [2.05, 4.69) is 5.32 Å². The molecule has 23 heavy (non-hydrogen) atoms. The first-order valence-corrected chi connectivity index (χ1v) is 7.11. The molecule has 0 aromatic heterocycles. The first kappa shape index (κ1) is 18.9. The minimum absolute atomic E-state index is 0.282. The summed E-state index contributed by atoms with van der Waals surface area (Å²) in [6, 6.07) is 5.52. The first-order valence-electron chi connectivity index (χ1n) is 7.11. The van der Waals surface area contributed by atoms with Crippen molar-refractivity contribution in [3.8, 4) is 5.75 Å². The van der Waals surface area contributed by atoms with Crippen LogP contribution in [-0.4, -0.2) is 36.6 Å². The van der Waals surface area contributed by atoms with E-state index >= 15 is 0 Å². The fourth-order valence-corrected chi connectivity index (χ4v) is 2.16. The van der Waals surface area contributed by atoms with Gasteiger partial charge in [-0.1, -0.05) is 32.0 Å². The molecule has 0 spiro atoms. The van der Waals surface area contributed by atoms with Crippen LogP contribution in [0.25, 0.3) is 0 Å². The summed E-state index contributed by atoms with van der Waals surface area (Å²) in [5, 5.41) is 11.1. The monoisotopic (exact) mass is 329 g/mol. The summed E-state index contributed by atoms with van der Waals surface area (Å²) in [5.74, 6) is -1.47. The number of aliphatic carboxylic acids is 1. The highest BCUT2D eigenvalue weighted by molar-refractivity contribution is 5.87. The van der Waals surface area contributed by atoms with Crippen molar-refractivity contribution in [2.75, 3.05) is 7.11 Å². The van der Waals surface area contributed by atoms with Gasteiger partial charge in [0.2, 0.25) is 12.3 Å². The van der Waals surface area contributed by atoms with Crippen LogP contribution < -0.4 is 10.1 Å². The Morgan fingerprint density at radius 1 is 1.30 bits per heavy atom. The zero-order valence-electron chi connectivity index (χ0n) is 13.3. The molecule has 0 aliphatic rings. The number of carboxylic acid groups (broad SMARTS) is 1. The lowest BCUT2D eigenvalue weighted by Gasteiger charge is -2.26. The van der Waals surface area contributed by atoms with Gasteiger partial charge in [0.15, 0.2) is 0 Å². The first-order chi connectivity index (χ1) is 10.7. The molecule has 7 heteroatoms. The van der Waals surface area contributed by atoms with E-state index in [0.717, 1.165) is 5.56 Å². The van der Waals surface area contributed by atoms with Crippen molar-refractivity contribution in [3.63, 3.8) is 0 Å². The molecule has 1 atom stereocenters. The molecule has 1 unspecified atom stereocenters. The van der Waals surface area contributed by atoms with Crippen molar-refractivity contribution < 1.29 is 28.2 Å². The number of nitrogens with one attached hydrogen (secondary N) is 1. The van der Waals surface area contributed by atoms with Crippen LogP contribution in [0.1, 0.15) is 25.8 Å². The van der Waals surface area contributed by atoms with Gasteiger partial charge in [-0.25, -0.2) is 13.6 Å². The lowest BCUT2D eigenvalue weighted by Crippen LogP contribution is -2.48. The Bertz CT molecular complexity index is 561. The number of halogens is 2. The van der Waals surface area contributed by atoms with Gasteiger partial charge in [-0.3, -0.25) is 4.79 Å². The number of carbonyl (C=O) groups is 2. The van der Waals surface area contributed by atoms with Crippen LogP contribution in [0.4, 0.5) is 8.78 Å². The smallest absolute Gasteiger partial charge is 0.326 e. The summed E-state index contributed by atoms with van der Waals surface area (Å²) in [4.78, 5) is 23.3. The Morgan fingerprint density at radius 3 is 2.43 bits per heavy atom. The van der Waals surface area contributed by atoms with Crippen LogP contribution in [0.5, 0.6) is 5.75 Å². The number of carbonyl (C=O) groups excluding carboxylic acids is 1. The van der Waals surface area contributed by atoms with E-state index in [1.807, 2.05) is 0 Å². The summed E-state index contributed by atoms with van der Waals surface area (Å²) in [6.45, 7) is 3.24. The molecular weight excluding hydrogens is 308 g/mol. The maximum atomic E-state index is 12.4. The standard InChI is InChI=1S/C16H21F2NO4/c1-16(2,9-10-6-4-5-7-12(10)23-3)15(22)19-11(14(20)21)8-13(17)18/h4-7,11,13H,8-9H2,1-3H3,(H,19,22)(H,20,21). The Kier molecular flexibility index (Phi) is 6.48. The Morgan fingerprint density at radius 2 is 1.91 bits per heavy atom. The fraction of sp³-hybridized carbons (Fsp3) is 0.500. The van der Waals surface area contributed by atoms with Gasteiger partial charge in [-0.2, -0.15) is 0 Å². The number of hydrogen-bond acceptors (Lipinski definition) is 3. The topological polar surface area (TPSA) is 75.6 Å². The van der Waals surface area contributed by atoms with Gasteiger partial charge in [-0.15, -0.1) is 0 Å². The number of ether oxygens (including phenoxy) is 1. The number of carboxylic acids is 1. The number of hydrogen-bond donors (Lipinski definition) is 2. The molecular formula is C16H21F2NO4. The second-order valence-corrected chi connectivity index (χ2v) is 5.86. The third kappa shape index (κ3) is 5.50. The van der Waals surface area contributed by atoms with E-state index in [4.69, 9.17) is 9.84 Å². The molecule has 0 fully saturated rings. The second-order valence-electron chi connectivity index (χ2n) is 5.86. The van der Waals surface area contributed by atoms with Crippen molar-refractivity contribution in [1.82, 2.24) is 5.32 Å². The van der Waals surface area contributed by atoms with E-state index in [1.54, 1.807) is 38.1 Å². The molecule has 1 aromatic carbocycles. The summed E-state index contributed by atoms with van der Waals surface area (Å²) in [5.41, 5.74) is -0.208. The molecule has 0 bridgehead atoms. The van der Waals surface area contributed by atoms with Gasteiger partial charge in [0.25, 0.3) is 0 Å². The number of rotatable bonds is 8. The van der Waals surface area contributed by atoms with Gasteiger partial charge in [0.1, 0.15) is 11.8 Å². The predicted molar refractivity (Wildman–Crippen MR) is 80.7 cm³/mol. The van der Waals surface area contributed by atoms with Crippen LogP contribution in [0.2, 0.25) is 0 Å². The number of amides is 1. The van der Waals surface area contributed by atoms with E-state index in [-0.39, 0.29) is 6.42 Å². The minimum Gasteiger partial charge on any atom is -0.496 e. The Balaban J connectivity index is 2.85. The average Bonchev–Trinajstić information content (AvgIpc) is 2.46. The van der Waals surface area contributed by atoms with Crippen LogP contribution >= 0.6 is 0 Å². The predicted octanol–water partition coefficient (Wildman–Crippen LogP) is 2.49. The molecule has 1 amide bonds. The van der Waals surface area contributed by atoms with Crippen molar-refractivity contribution in [2.45, 2.75) is 39.2 Å². The molecule has 0 saturated carbocycles. The van der Waals surface area contributed by atoms with E-state index < -0.39 is 36.2 Å². The number of benzene rings is 1. The normalized spacial score (nSPS) is 12.8. The van der Waals surface area contributed by atoms with Crippen LogP contribution in [0.15, 0.2) is 24.3 Å². The zero-order valence-corrected chi connectivity index (χ0v) is 13.3. The van der Waals surface area contributed by atoms with Crippen LogP contribution in [0.3, 0.4) is 0 Å². The fourth-order valence-electron chi connectivity index (χ4n) is 2.16. The van der Waals surface area contributed by atoms with Gasteiger partial charge < -0.3 is 15.2 Å². The zero-order chi connectivity index (χ0) is 17.6. The molecule has 5 nitrogen and oxygen atoms in total. The molecule has 0 heterocycles. The summed E-state index contributed by atoms with van der Waals surface area (Å²) in [6.07, 6.45) is -3.45. The Labute approximate surface area is 133 Å². The molecule has 128 valence electrons. The van der Waals surface area contributed by atoms with E-state index in [0.29, 0.717) is 5.75 Å². The highest BCUT2D eigenvalue weighted by atomic mass is 19.3. The lowest BCUT2D eigenvalue weighted by atomic mass is 9.84. The van der Waals surface area contributed by atoms with Crippen molar-refractivity contribution in [1.29, 1.82) is 0 Å². The molecule has 1 rings (SSSR count). The largest absolute Gasteiger partial charge is 0.496 e. The SMILES string of the molecule is COc1ccccc1CC(C)(C)C(=O)NC(CC(F)F)C(=O)O. The third-order valence-electron chi connectivity index (χ3n) is 3.46. The Hall–Kier alpha value is -2.18. The summed E-state index contributed by atoms with van der Waals surface area (Å²) >= 11 is 0. The van der Waals surface area contributed by atoms with Crippen molar-refractivity contribution in [3.05, 3.63) is 29.8 Å². The van der Waals surface area contributed by atoms with E-state index in [1.165, 1.54) is 7.11 Å². The quantitative estimate of drug-likeness (QED) is 0.768. The van der Waals surface area contributed by atoms with Crippen LogP contribution in [-0.2, 0) is 16.0 Å². The molecule has 0 aliphatic carbocycles. The molecule has 1 aromatic rings. The minimum atomic E-state index is -2.81. The number of methoxy groups -OCH3 is 1. The summed E-state index contributed by atoms with van der Waals surface area (Å²) < 4.78 is 30.0. The molecule has 0 radical (unpaired) electrons. The van der Waals surface area contributed by atoms with Gasteiger partial charge >= 0.3 is 5.97 Å². The van der Waals surface area contributed by atoms with Gasteiger partial charge in [-0.05, 0) is 18.1 Å². The number of para-hydroxylation sites is 1. The van der Waals surface area contributed by atoms with Crippen LogP contribution in [0, 0.1) is 5.41 Å². The molecule has 0 aliphatic heterocycles. The molecule has 0 saturated heterocycles. The van der Waals surface area contributed by atoms with E-state index in [9.17, 15) is 18.4 Å². The van der Waals surface area contributed by atoms with Crippen molar-refractivity contribution in [2.24, 2.45) is 5.41 Å². The maximum absolute atomic E-state index is 12.4. The number of alkyl halides is 2. The second kappa shape index (κ2) is 7.89. The van der Waals surface area contributed by atoms with Crippen molar-refractivity contribution >= 4 is 11.9 Å². The van der Waals surface area contributed by atoms with Gasteiger partial charge in [0.05, 0.1) is 7.11 Å². The lowest BCUT2D eigenvalue weighted by molar-refractivity contribution is -0.144.